The summed E-state index contributed by atoms with van der Waals surface area (Å²) in [6, 6.07) is 3.04. The van der Waals surface area contributed by atoms with E-state index < -0.39 is 0 Å². The molecule has 5 heteroatoms. The van der Waals surface area contributed by atoms with Gasteiger partial charge in [0.25, 0.3) is 5.56 Å². The number of H-pyrrole nitrogens is 1. The summed E-state index contributed by atoms with van der Waals surface area (Å²) in [4.78, 5) is 11.2. The van der Waals surface area contributed by atoms with Gasteiger partial charge in [0.1, 0.15) is 5.69 Å². The van der Waals surface area contributed by atoms with Crippen LogP contribution in [0.5, 0.6) is 0 Å². The van der Waals surface area contributed by atoms with Crippen LogP contribution in [0.25, 0.3) is 5.69 Å². The summed E-state index contributed by atoms with van der Waals surface area (Å²) in [6.07, 6.45) is 4.69. The first-order valence-electron chi connectivity index (χ1n) is 3.41. The van der Waals surface area contributed by atoms with Crippen molar-refractivity contribution in [2.24, 2.45) is 0 Å². The summed E-state index contributed by atoms with van der Waals surface area (Å²) < 4.78 is 1.27. The maximum absolute atomic E-state index is 11.2. The SMILES string of the molecule is O=c1cccnn1-c1cn[nH]c1. The Morgan fingerprint density at radius 2 is 2.42 bits per heavy atom. The van der Waals surface area contributed by atoms with E-state index in [4.69, 9.17) is 0 Å². The third-order valence-corrected chi connectivity index (χ3v) is 1.44. The first kappa shape index (κ1) is 6.78. The van der Waals surface area contributed by atoms with Crippen LogP contribution in [0.3, 0.4) is 0 Å². The lowest BCUT2D eigenvalue weighted by Gasteiger charge is -1.96. The van der Waals surface area contributed by atoms with Crippen molar-refractivity contribution in [3.8, 4) is 5.69 Å². The lowest BCUT2D eigenvalue weighted by Crippen LogP contribution is -2.18. The molecule has 0 fully saturated rings. The van der Waals surface area contributed by atoms with Crippen LogP contribution in [0.15, 0.2) is 35.5 Å². The van der Waals surface area contributed by atoms with Crippen LogP contribution in [0.1, 0.15) is 0 Å². The smallest absolute Gasteiger partial charge is 0.271 e. The molecule has 0 aliphatic rings. The molecule has 0 amide bonds. The summed E-state index contributed by atoms with van der Waals surface area (Å²) in [5.74, 6) is 0. The fourth-order valence-corrected chi connectivity index (χ4v) is 0.912. The standard InChI is InChI=1S/C7H6N4O/c12-7-2-1-3-10-11(7)6-4-8-9-5-6/h1-5H,(H,8,9). The van der Waals surface area contributed by atoms with Gasteiger partial charge in [0, 0.05) is 18.5 Å². The minimum absolute atomic E-state index is 0.168. The first-order valence-corrected chi connectivity index (χ1v) is 3.41. The van der Waals surface area contributed by atoms with Crippen LogP contribution < -0.4 is 5.56 Å². The molecule has 0 spiro atoms. The summed E-state index contributed by atoms with van der Waals surface area (Å²) in [6.45, 7) is 0. The van der Waals surface area contributed by atoms with Gasteiger partial charge in [-0.25, -0.2) is 0 Å². The molecule has 0 aliphatic heterocycles. The minimum atomic E-state index is -0.168. The molecule has 60 valence electrons. The summed E-state index contributed by atoms with van der Waals surface area (Å²) >= 11 is 0. The molecule has 2 aromatic rings. The minimum Gasteiger partial charge on any atom is -0.283 e. The van der Waals surface area contributed by atoms with Crippen molar-refractivity contribution in [3.63, 3.8) is 0 Å². The van der Waals surface area contributed by atoms with Gasteiger partial charge in [0.05, 0.1) is 6.20 Å². The average molecular weight is 162 g/mol. The normalized spacial score (nSPS) is 10.0. The van der Waals surface area contributed by atoms with Gasteiger partial charge in [-0.1, -0.05) is 0 Å². The maximum Gasteiger partial charge on any atom is 0.271 e. The molecule has 0 unspecified atom stereocenters. The molecule has 0 atom stereocenters. The monoisotopic (exact) mass is 162 g/mol. The van der Waals surface area contributed by atoms with Crippen LogP contribution in [0, 0.1) is 0 Å². The lowest BCUT2D eigenvalue weighted by atomic mass is 10.5. The van der Waals surface area contributed by atoms with Crippen LogP contribution in [0.4, 0.5) is 0 Å². The van der Waals surface area contributed by atoms with E-state index in [0.717, 1.165) is 0 Å². The molecular weight excluding hydrogens is 156 g/mol. The van der Waals surface area contributed by atoms with Gasteiger partial charge in [-0.15, -0.1) is 0 Å². The van der Waals surface area contributed by atoms with Crippen LogP contribution in [-0.4, -0.2) is 20.0 Å². The Morgan fingerprint density at radius 3 is 3.08 bits per heavy atom. The van der Waals surface area contributed by atoms with E-state index in [2.05, 4.69) is 15.3 Å². The molecule has 0 radical (unpaired) electrons. The van der Waals surface area contributed by atoms with Crippen molar-refractivity contribution in [3.05, 3.63) is 41.1 Å². The highest BCUT2D eigenvalue weighted by Crippen LogP contribution is 1.95. The molecule has 0 bridgehead atoms. The molecule has 0 saturated carbocycles. The molecule has 2 rings (SSSR count). The molecule has 0 aromatic carbocycles. The van der Waals surface area contributed by atoms with Gasteiger partial charge in [-0.2, -0.15) is 14.9 Å². The zero-order valence-electron chi connectivity index (χ0n) is 6.14. The summed E-state index contributed by atoms with van der Waals surface area (Å²) in [7, 11) is 0. The topological polar surface area (TPSA) is 63.6 Å². The number of aromatic amines is 1. The van der Waals surface area contributed by atoms with Gasteiger partial charge < -0.3 is 0 Å². The number of hydrogen-bond donors (Lipinski definition) is 1. The quantitative estimate of drug-likeness (QED) is 0.639. The molecule has 12 heavy (non-hydrogen) atoms. The van der Waals surface area contributed by atoms with Crippen LogP contribution >= 0.6 is 0 Å². The van der Waals surface area contributed by atoms with Crippen LogP contribution in [0.2, 0.25) is 0 Å². The number of rotatable bonds is 1. The van der Waals surface area contributed by atoms with E-state index in [1.165, 1.54) is 16.9 Å². The highest BCUT2D eigenvalue weighted by molar-refractivity contribution is 5.22. The van der Waals surface area contributed by atoms with Crippen molar-refractivity contribution >= 4 is 0 Å². The fraction of sp³-hybridized carbons (Fsp3) is 0. The fourth-order valence-electron chi connectivity index (χ4n) is 0.912. The van der Waals surface area contributed by atoms with Gasteiger partial charge in [-0.05, 0) is 6.07 Å². The Kier molecular flexibility index (Phi) is 1.48. The zero-order chi connectivity index (χ0) is 8.39. The van der Waals surface area contributed by atoms with E-state index in [1.54, 1.807) is 18.5 Å². The Labute approximate surface area is 67.7 Å². The van der Waals surface area contributed by atoms with Gasteiger partial charge in [-0.3, -0.25) is 9.89 Å². The van der Waals surface area contributed by atoms with Gasteiger partial charge in [0.2, 0.25) is 0 Å². The molecule has 5 nitrogen and oxygen atoms in total. The predicted octanol–water partition coefficient (Wildman–Crippen LogP) is -0.0444. The summed E-state index contributed by atoms with van der Waals surface area (Å²) in [5, 5.41) is 10.2. The van der Waals surface area contributed by atoms with E-state index in [-0.39, 0.29) is 5.56 Å². The van der Waals surface area contributed by atoms with E-state index in [9.17, 15) is 4.79 Å². The second-order valence-electron chi connectivity index (χ2n) is 2.23. The highest BCUT2D eigenvalue weighted by Gasteiger charge is 1.98. The van der Waals surface area contributed by atoms with Gasteiger partial charge >= 0.3 is 0 Å². The Balaban J connectivity index is 2.63. The average Bonchev–Trinajstić information content (AvgIpc) is 2.57. The number of hydrogen-bond acceptors (Lipinski definition) is 3. The van der Waals surface area contributed by atoms with E-state index in [0.29, 0.717) is 5.69 Å². The molecule has 0 saturated heterocycles. The largest absolute Gasteiger partial charge is 0.283 e. The van der Waals surface area contributed by atoms with Crippen molar-refractivity contribution in [1.82, 2.24) is 20.0 Å². The zero-order valence-corrected chi connectivity index (χ0v) is 6.14. The van der Waals surface area contributed by atoms with Crippen LogP contribution in [-0.2, 0) is 0 Å². The molecule has 2 heterocycles. The van der Waals surface area contributed by atoms with Crippen molar-refractivity contribution < 1.29 is 0 Å². The molecular formula is C7H6N4O. The molecule has 2 aromatic heterocycles. The predicted molar refractivity (Wildman–Crippen MR) is 42.0 cm³/mol. The van der Waals surface area contributed by atoms with Crippen molar-refractivity contribution in [1.29, 1.82) is 0 Å². The molecule has 0 aliphatic carbocycles. The van der Waals surface area contributed by atoms with E-state index >= 15 is 0 Å². The van der Waals surface area contributed by atoms with Crippen molar-refractivity contribution in [2.75, 3.05) is 0 Å². The Morgan fingerprint density at radius 1 is 1.50 bits per heavy atom. The third kappa shape index (κ3) is 1.01. The maximum atomic E-state index is 11.2. The Hall–Kier alpha value is -1.91. The Bertz CT molecular complexity index is 417. The van der Waals surface area contributed by atoms with Gasteiger partial charge in [0.15, 0.2) is 0 Å². The molecule has 1 N–H and O–H groups in total. The van der Waals surface area contributed by atoms with Crippen molar-refractivity contribution in [2.45, 2.75) is 0 Å². The third-order valence-electron chi connectivity index (χ3n) is 1.44. The van der Waals surface area contributed by atoms with E-state index in [1.807, 2.05) is 0 Å². The lowest BCUT2D eigenvalue weighted by molar-refractivity contribution is 0.807. The summed E-state index contributed by atoms with van der Waals surface area (Å²) in [5.41, 5.74) is 0.472. The second-order valence-corrected chi connectivity index (χ2v) is 2.23. The number of nitrogens with one attached hydrogen (secondary N) is 1. The highest BCUT2D eigenvalue weighted by atomic mass is 16.1. The number of nitrogens with zero attached hydrogens (tertiary/aromatic N) is 3. The number of aromatic nitrogens is 4. The second kappa shape index (κ2) is 2.61. The first-order chi connectivity index (χ1) is 5.88.